The summed E-state index contributed by atoms with van der Waals surface area (Å²) in [5.41, 5.74) is 1.59. The molecule has 0 saturated carbocycles. The Bertz CT molecular complexity index is 769. The van der Waals surface area contributed by atoms with Crippen molar-refractivity contribution < 1.29 is 18.0 Å². The van der Waals surface area contributed by atoms with Gasteiger partial charge >= 0.3 is 0 Å². The first-order valence-electron chi connectivity index (χ1n) is 7.92. The van der Waals surface area contributed by atoms with Crippen LogP contribution in [0.25, 0.3) is 0 Å². The van der Waals surface area contributed by atoms with Crippen LogP contribution in [-0.4, -0.2) is 72.8 Å². The van der Waals surface area contributed by atoms with E-state index in [1.165, 1.54) is 10.6 Å². The SMILES string of the molecule is C[C@H](C(=O)N1CCN(S(C)(=O)=O)CC1)N1Cc2ccccc2C1=O. The first-order chi connectivity index (χ1) is 11.3. The van der Waals surface area contributed by atoms with Crippen LogP contribution in [0, 0.1) is 0 Å². The van der Waals surface area contributed by atoms with Gasteiger partial charge < -0.3 is 9.80 Å². The van der Waals surface area contributed by atoms with E-state index in [-0.39, 0.29) is 11.8 Å². The predicted molar refractivity (Wildman–Crippen MR) is 88.8 cm³/mol. The summed E-state index contributed by atoms with van der Waals surface area (Å²) in [5, 5.41) is 0. The summed E-state index contributed by atoms with van der Waals surface area (Å²) in [6, 6.07) is 6.81. The molecule has 24 heavy (non-hydrogen) atoms. The van der Waals surface area contributed by atoms with Crippen LogP contribution < -0.4 is 0 Å². The van der Waals surface area contributed by atoms with Crippen LogP contribution in [0.15, 0.2) is 24.3 Å². The Morgan fingerprint density at radius 2 is 1.75 bits per heavy atom. The molecule has 0 aliphatic carbocycles. The molecule has 0 bridgehead atoms. The van der Waals surface area contributed by atoms with E-state index in [1.54, 1.807) is 22.8 Å². The lowest BCUT2D eigenvalue weighted by molar-refractivity contribution is -0.136. The first-order valence-corrected chi connectivity index (χ1v) is 9.76. The summed E-state index contributed by atoms with van der Waals surface area (Å²) >= 11 is 0. The third kappa shape index (κ3) is 3.03. The average molecular weight is 351 g/mol. The van der Waals surface area contributed by atoms with Crippen molar-refractivity contribution in [2.45, 2.75) is 19.5 Å². The van der Waals surface area contributed by atoms with Gasteiger partial charge in [0.15, 0.2) is 0 Å². The molecule has 2 heterocycles. The number of hydrogen-bond donors (Lipinski definition) is 0. The highest BCUT2D eigenvalue weighted by Gasteiger charge is 2.36. The number of carbonyl (C=O) groups is 2. The van der Waals surface area contributed by atoms with Gasteiger partial charge in [-0.2, -0.15) is 4.31 Å². The van der Waals surface area contributed by atoms with E-state index in [4.69, 9.17) is 0 Å². The molecule has 2 amide bonds. The summed E-state index contributed by atoms with van der Waals surface area (Å²) in [6.45, 7) is 3.47. The van der Waals surface area contributed by atoms with E-state index in [0.29, 0.717) is 38.3 Å². The molecule has 2 aliphatic heterocycles. The maximum absolute atomic E-state index is 12.7. The molecule has 1 aromatic carbocycles. The van der Waals surface area contributed by atoms with Crippen molar-refractivity contribution in [1.82, 2.24) is 14.1 Å². The maximum atomic E-state index is 12.7. The molecule has 3 rings (SSSR count). The van der Waals surface area contributed by atoms with Gasteiger partial charge in [-0.1, -0.05) is 18.2 Å². The minimum absolute atomic E-state index is 0.124. The molecule has 1 fully saturated rings. The van der Waals surface area contributed by atoms with Gasteiger partial charge in [-0.15, -0.1) is 0 Å². The molecule has 7 nitrogen and oxygen atoms in total. The first kappa shape index (κ1) is 16.9. The smallest absolute Gasteiger partial charge is 0.255 e. The van der Waals surface area contributed by atoms with Crippen molar-refractivity contribution in [3.63, 3.8) is 0 Å². The molecule has 1 saturated heterocycles. The van der Waals surface area contributed by atoms with Gasteiger partial charge in [0.1, 0.15) is 6.04 Å². The van der Waals surface area contributed by atoms with E-state index in [9.17, 15) is 18.0 Å². The topological polar surface area (TPSA) is 78.0 Å². The quantitative estimate of drug-likeness (QED) is 0.776. The van der Waals surface area contributed by atoms with Crippen LogP contribution in [0.1, 0.15) is 22.8 Å². The summed E-state index contributed by atoms with van der Waals surface area (Å²) in [7, 11) is -3.23. The largest absolute Gasteiger partial charge is 0.338 e. The molecule has 0 spiro atoms. The van der Waals surface area contributed by atoms with Gasteiger partial charge in [-0.25, -0.2) is 8.42 Å². The van der Waals surface area contributed by atoms with E-state index in [0.717, 1.165) is 5.56 Å². The van der Waals surface area contributed by atoms with Gasteiger partial charge in [-0.05, 0) is 18.6 Å². The predicted octanol–water partition coefficient (Wildman–Crippen LogP) is 0.135. The monoisotopic (exact) mass is 351 g/mol. The Balaban J connectivity index is 1.66. The van der Waals surface area contributed by atoms with Crippen LogP contribution in [0.4, 0.5) is 0 Å². The molecule has 0 aromatic heterocycles. The minimum atomic E-state index is -3.23. The molecule has 0 N–H and O–H groups in total. The lowest BCUT2D eigenvalue weighted by atomic mass is 10.1. The second-order valence-electron chi connectivity index (χ2n) is 6.25. The summed E-state index contributed by atoms with van der Waals surface area (Å²) < 4.78 is 24.5. The summed E-state index contributed by atoms with van der Waals surface area (Å²) in [5.74, 6) is -0.259. The lowest BCUT2D eigenvalue weighted by Gasteiger charge is -2.36. The van der Waals surface area contributed by atoms with E-state index in [2.05, 4.69) is 0 Å². The number of nitrogens with zero attached hydrogens (tertiary/aromatic N) is 3. The van der Waals surface area contributed by atoms with Crippen LogP contribution in [-0.2, 0) is 21.4 Å². The number of carbonyl (C=O) groups excluding carboxylic acids is 2. The van der Waals surface area contributed by atoms with Gasteiger partial charge in [0.05, 0.1) is 6.26 Å². The Morgan fingerprint density at radius 3 is 2.33 bits per heavy atom. The molecule has 0 radical (unpaired) electrons. The molecule has 130 valence electrons. The highest BCUT2D eigenvalue weighted by atomic mass is 32.2. The van der Waals surface area contributed by atoms with Crippen molar-refractivity contribution in [3.05, 3.63) is 35.4 Å². The van der Waals surface area contributed by atoms with Crippen LogP contribution in [0.3, 0.4) is 0 Å². The van der Waals surface area contributed by atoms with E-state index in [1.807, 2.05) is 18.2 Å². The van der Waals surface area contributed by atoms with Gasteiger partial charge in [-0.3, -0.25) is 9.59 Å². The summed E-state index contributed by atoms with van der Waals surface area (Å²) in [4.78, 5) is 28.4. The third-order valence-electron chi connectivity index (χ3n) is 4.69. The van der Waals surface area contributed by atoms with Crippen LogP contribution >= 0.6 is 0 Å². The zero-order valence-corrected chi connectivity index (χ0v) is 14.6. The van der Waals surface area contributed by atoms with E-state index >= 15 is 0 Å². The number of amides is 2. The van der Waals surface area contributed by atoms with Gasteiger partial charge in [0.25, 0.3) is 5.91 Å². The minimum Gasteiger partial charge on any atom is -0.338 e. The second kappa shape index (κ2) is 6.18. The number of piperazine rings is 1. The molecular formula is C16H21N3O4S. The molecule has 0 unspecified atom stereocenters. The number of sulfonamides is 1. The molecule has 1 atom stereocenters. The average Bonchev–Trinajstić information content (AvgIpc) is 2.90. The van der Waals surface area contributed by atoms with E-state index < -0.39 is 16.1 Å². The highest BCUT2D eigenvalue weighted by Crippen LogP contribution is 2.25. The number of fused-ring (bicyclic) bond motifs is 1. The normalized spacial score (nSPS) is 20.2. The Morgan fingerprint density at radius 1 is 1.12 bits per heavy atom. The lowest BCUT2D eigenvalue weighted by Crippen LogP contribution is -2.55. The Hall–Kier alpha value is -1.93. The zero-order chi connectivity index (χ0) is 17.5. The fourth-order valence-electron chi connectivity index (χ4n) is 3.23. The number of rotatable bonds is 3. The van der Waals surface area contributed by atoms with Crippen molar-refractivity contribution in [2.24, 2.45) is 0 Å². The van der Waals surface area contributed by atoms with Crippen molar-refractivity contribution >= 4 is 21.8 Å². The van der Waals surface area contributed by atoms with Crippen molar-refractivity contribution in [2.75, 3.05) is 32.4 Å². The number of hydrogen-bond acceptors (Lipinski definition) is 4. The van der Waals surface area contributed by atoms with Crippen molar-refractivity contribution in [1.29, 1.82) is 0 Å². The fraction of sp³-hybridized carbons (Fsp3) is 0.500. The number of benzene rings is 1. The van der Waals surface area contributed by atoms with Crippen molar-refractivity contribution in [3.8, 4) is 0 Å². The fourth-order valence-corrected chi connectivity index (χ4v) is 4.05. The third-order valence-corrected chi connectivity index (χ3v) is 6.00. The maximum Gasteiger partial charge on any atom is 0.255 e. The molecule has 1 aromatic rings. The molecule has 8 heteroatoms. The summed E-state index contributed by atoms with van der Waals surface area (Å²) in [6.07, 6.45) is 1.17. The standard InChI is InChI=1S/C16H21N3O4S/c1-12(19-11-13-5-3-4-6-14(13)16(19)21)15(20)17-7-9-18(10-8-17)24(2,22)23/h3-6,12H,7-11H2,1-2H3/t12-/m1/s1. The molecule has 2 aliphatic rings. The van der Waals surface area contributed by atoms with Crippen LogP contribution in [0.2, 0.25) is 0 Å². The second-order valence-corrected chi connectivity index (χ2v) is 8.24. The Labute approximate surface area is 141 Å². The molecular weight excluding hydrogens is 330 g/mol. The van der Waals surface area contributed by atoms with Gasteiger partial charge in [0.2, 0.25) is 15.9 Å². The van der Waals surface area contributed by atoms with Crippen LogP contribution in [0.5, 0.6) is 0 Å². The zero-order valence-electron chi connectivity index (χ0n) is 13.8. The van der Waals surface area contributed by atoms with Gasteiger partial charge in [0, 0.05) is 38.3 Å². The highest BCUT2D eigenvalue weighted by molar-refractivity contribution is 7.88. The Kier molecular flexibility index (Phi) is 4.35.